The fourth-order valence-corrected chi connectivity index (χ4v) is 3.40. The minimum Gasteiger partial charge on any atom is -0.355 e. The first-order valence-electron chi connectivity index (χ1n) is 9.82. The lowest BCUT2D eigenvalue weighted by atomic mass is 10.2. The van der Waals surface area contributed by atoms with Crippen molar-refractivity contribution in [2.45, 2.75) is 45.6 Å². The van der Waals surface area contributed by atoms with Crippen LogP contribution < -0.4 is 15.5 Å². The van der Waals surface area contributed by atoms with E-state index in [1.54, 1.807) is 13.0 Å². The van der Waals surface area contributed by atoms with Gasteiger partial charge in [0.15, 0.2) is 0 Å². The molecule has 1 aliphatic heterocycles. The quantitative estimate of drug-likeness (QED) is 0.530. The molecule has 1 fully saturated rings. The van der Waals surface area contributed by atoms with Gasteiger partial charge < -0.3 is 15.5 Å². The standard InChI is InChI=1S/C20H28N6O2/c1-4-5-6-15-12-19(25-10-9-17(13-25)21-3)24-20(22-15)23-16-8-7-14(2)18(11-16)26(27)28/h7-8,11-12,17,21H,4-6,9-10,13H2,1-3H3,(H,22,23,24). The summed E-state index contributed by atoms with van der Waals surface area (Å²) in [6.45, 7) is 5.75. The molecule has 1 aliphatic rings. The number of nitro groups is 1. The molecule has 3 rings (SSSR count). The smallest absolute Gasteiger partial charge is 0.274 e. The molecule has 1 aromatic heterocycles. The summed E-state index contributed by atoms with van der Waals surface area (Å²) in [5.41, 5.74) is 2.32. The van der Waals surface area contributed by atoms with Gasteiger partial charge in [0, 0.05) is 48.2 Å². The van der Waals surface area contributed by atoms with Crippen LogP contribution in [0.3, 0.4) is 0 Å². The van der Waals surface area contributed by atoms with Crippen molar-refractivity contribution >= 4 is 23.1 Å². The van der Waals surface area contributed by atoms with E-state index in [1.165, 1.54) is 6.07 Å². The third kappa shape index (κ3) is 4.75. The number of anilines is 3. The number of unbranched alkanes of at least 4 members (excludes halogenated alkanes) is 1. The van der Waals surface area contributed by atoms with Crippen molar-refractivity contribution in [1.29, 1.82) is 0 Å². The molecule has 0 radical (unpaired) electrons. The van der Waals surface area contributed by atoms with Crippen molar-refractivity contribution in [2.24, 2.45) is 0 Å². The third-order valence-electron chi connectivity index (χ3n) is 5.13. The number of hydrogen-bond donors (Lipinski definition) is 2. The van der Waals surface area contributed by atoms with Crippen LogP contribution in [0.25, 0.3) is 0 Å². The van der Waals surface area contributed by atoms with Crippen molar-refractivity contribution < 1.29 is 4.92 Å². The van der Waals surface area contributed by atoms with Gasteiger partial charge in [-0.25, -0.2) is 4.98 Å². The van der Waals surface area contributed by atoms with Gasteiger partial charge >= 0.3 is 0 Å². The molecule has 1 saturated heterocycles. The molecule has 1 aromatic carbocycles. The van der Waals surface area contributed by atoms with Gasteiger partial charge in [-0.2, -0.15) is 4.98 Å². The predicted octanol–water partition coefficient (Wildman–Crippen LogP) is 3.58. The lowest BCUT2D eigenvalue weighted by Gasteiger charge is -2.19. The molecule has 0 amide bonds. The summed E-state index contributed by atoms with van der Waals surface area (Å²) < 4.78 is 0. The number of hydrogen-bond acceptors (Lipinski definition) is 7. The zero-order chi connectivity index (χ0) is 20.1. The van der Waals surface area contributed by atoms with E-state index in [-0.39, 0.29) is 10.6 Å². The zero-order valence-electron chi connectivity index (χ0n) is 16.7. The van der Waals surface area contributed by atoms with Crippen LogP contribution in [0.5, 0.6) is 0 Å². The van der Waals surface area contributed by atoms with Crippen LogP contribution in [0.1, 0.15) is 37.4 Å². The number of likely N-dealkylation sites (N-methyl/N-ethyl adjacent to an activating group) is 1. The highest BCUT2D eigenvalue weighted by Gasteiger charge is 2.23. The maximum atomic E-state index is 11.2. The molecule has 0 spiro atoms. The Morgan fingerprint density at radius 3 is 2.82 bits per heavy atom. The lowest BCUT2D eigenvalue weighted by Crippen LogP contribution is -2.30. The van der Waals surface area contributed by atoms with E-state index in [2.05, 4.69) is 33.5 Å². The normalized spacial score (nSPS) is 16.4. The maximum Gasteiger partial charge on any atom is 0.274 e. The highest BCUT2D eigenvalue weighted by molar-refractivity contribution is 5.61. The van der Waals surface area contributed by atoms with Crippen molar-refractivity contribution in [1.82, 2.24) is 15.3 Å². The van der Waals surface area contributed by atoms with Crippen LogP contribution in [0, 0.1) is 17.0 Å². The molecule has 0 aliphatic carbocycles. The molecule has 0 saturated carbocycles. The van der Waals surface area contributed by atoms with E-state index in [1.807, 2.05) is 13.1 Å². The molecule has 1 unspecified atom stereocenters. The molecule has 2 N–H and O–H groups in total. The first-order chi connectivity index (χ1) is 13.5. The number of nitrogens with zero attached hydrogens (tertiary/aromatic N) is 4. The molecule has 150 valence electrons. The first-order valence-corrected chi connectivity index (χ1v) is 9.82. The minimum atomic E-state index is -0.368. The van der Waals surface area contributed by atoms with Gasteiger partial charge in [0.1, 0.15) is 5.82 Å². The van der Waals surface area contributed by atoms with Crippen LogP contribution in [0.4, 0.5) is 23.1 Å². The Morgan fingerprint density at radius 1 is 1.32 bits per heavy atom. The Bertz CT molecular complexity index is 841. The highest BCUT2D eigenvalue weighted by atomic mass is 16.6. The SMILES string of the molecule is CCCCc1cc(N2CCC(NC)C2)nc(Nc2ccc(C)c([N+](=O)[O-])c2)n1. The van der Waals surface area contributed by atoms with E-state index in [0.29, 0.717) is 23.2 Å². The van der Waals surface area contributed by atoms with Gasteiger partial charge in [0.25, 0.3) is 5.69 Å². The molecule has 2 aromatic rings. The summed E-state index contributed by atoms with van der Waals surface area (Å²) in [6.07, 6.45) is 4.12. The van der Waals surface area contributed by atoms with Gasteiger partial charge in [-0.1, -0.05) is 19.4 Å². The van der Waals surface area contributed by atoms with Crippen molar-refractivity contribution in [2.75, 3.05) is 30.4 Å². The van der Waals surface area contributed by atoms with E-state index in [4.69, 9.17) is 4.98 Å². The van der Waals surface area contributed by atoms with Crippen LogP contribution in [0.15, 0.2) is 24.3 Å². The molecule has 2 heterocycles. The van der Waals surface area contributed by atoms with E-state index in [0.717, 1.165) is 50.3 Å². The fourth-order valence-electron chi connectivity index (χ4n) is 3.40. The summed E-state index contributed by atoms with van der Waals surface area (Å²) in [5.74, 6) is 1.39. The third-order valence-corrected chi connectivity index (χ3v) is 5.13. The number of benzene rings is 1. The number of nitro benzene ring substituents is 1. The van der Waals surface area contributed by atoms with Gasteiger partial charge in [-0.3, -0.25) is 10.1 Å². The maximum absolute atomic E-state index is 11.2. The predicted molar refractivity (Wildman–Crippen MR) is 111 cm³/mol. The largest absolute Gasteiger partial charge is 0.355 e. The fraction of sp³-hybridized carbons (Fsp3) is 0.500. The second kappa shape index (κ2) is 8.97. The Labute approximate surface area is 165 Å². The molecule has 28 heavy (non-hydrogen) atoms. The average molecular weight is 384 g/mol. The topological polar surface area (TPSA) is 96.2 Å². The summed E-state index contributed by atoms with van der Waals surface area (Å²) in [7, 11) is 1.98. The second-order valence-electron chi connectivity index (χ2n) is 7.25. The molecule has 0 bridgehead atoms. The summed E-state index contributed by atoms with van der Waals surface area (Å²) >= 11 is 0. The Kier molecular flexibility index (Phi) is 6.41. The number of aromatic nitrogens is 2. The summed E-state index contributed by atoms with van der Waals surface area (Å²) in [5, 5.41) is 17.7. The zero-order valence-corrected chi connectivity index (χ0v) is 16.7. The van der Waals surface area contributed by atoms with Gasteiger partial charge in [0.2, 0.25) is 5.95 Å². The minimum absolute atomic E-state index is 0.0868. The van der Waals surface area contributed by atoms with Crippen LogP contribution in [0.2, 0.25) is 0 Å². The summed E-state index contributed by atoms with van der Waals surface area (Å²) in [6, 6.07) is 7.61. The van der Waals surface area contributed by atoms with E-state index >= 15 is 0 Å². The number of rotatable bonds is 8. The molecular formula is C20H28N6O2. The molecule has 8 nitrogen and oxygen atoms in total. The number of aryl methyl sites for hydroxylation is 2. The molecule has 8 heteroatoms. The average Bonchev–Trinajstić information content (AvgIpc) is 3.17. The van der Waals surface area contributed by atoms with E-state index in [9.17, 15) is 10.1 Å². The number of nitrogens with one attached hydrogen (secondary N) is 2. The lowest BCUT2D eigenvalue weighted by molar-refractivity contribution is -0.385. The Balaban J connectivity index is 1.88. The molecular weight excluding hydrogens is 356 g/mol. The summed E-state index contributed by atoms with van der Waals surface area (Å²) in [4.78, 5) is 22.4. The first kappa shape index (κ1) is 20.0. The monoisotopic (exact) mass is 384 g/mol. The van der Waals surface area contributed by atoms with Gasteiger partial charge in [-0.15, -0.1) is 0 Å². The Hall–Kier alpha value is -2.74. The van der Waals surface area contributed by atoms with E-state index < -0.39 is 0 Å². The van der Waals surface area contributed by atoms with Crippen LogP contribution in [-0.2, 0) is 6.42 Å². The van der Waals surface area contributed by atoms with Crippen molar-refractivity contribution in [3.63, 3.8) is 0 Å². The van der Waals surface area contributed by atoms with Crippen LogP contribution in [-0.4, -0.2) is 41.1 Å². The molecule has 1 atom stereocenters. The second-order valence-corrected chi connectivity index (χ2v) is 7.25. The van der Waals surface area contributed by atoms with Crippen LogP contribution >= 0.6 is 0 Å². The highest BCUT2D eigenvalue weighted by Crippen LogP contribution is 2.26. The van der Waals surface area contributed by atoms with Crippen molar-refractivity contribution in [3.8, 4) is 0 Å². The van der Waals surface area contributed by atoms with Gasteiger partial charge in [0.05, 0.1) is 4.92 Å². The Morgan fingerprint density at radius 2 is 2.14 bits per heavy atom. The van der Waals surface area contributed by atoms with Crippen molar-refractivity contribution in [3.05, 3.63) is 45.6 Å². The van der Waals surface area contributed by atoms with Gasteiger partial charge in [-0.05, 0) is 39.3 Å².